The molecule has 6 heteroatoms. The Morgan fingerprint density at radius 2 is 2.05 bits per heavy atom. The van der Waals surface area contributed by atoms with Gasteiger partial charge in [-0.2, -0.15) is 5.26 Å². The third kappa shape index (κ3) is 2.71. The van der Waals surface area contributed by atoms with E-state index in [1.165, 1.54) is 18.3 Å². The Bertz CT molecular complexity index is 833. The van der Waals surface area contributed by atoms with E-state index in [-0.39, 0.29) is 12.4 Å². The van der Waals surface area contributed by atoms with Crippen LogP contribution in [0.4, 0.5) is 4.39 Å². The number of nitriles is 1. The number of hydrogen-bond donors (Lipinski definition) is 0. The lowest BCUT2D eigenvalue weighted by Gasteiger charge is -2.04. The summed E-state index contributed by atoms with van der Waals surface area (Å²) in [5.41, 5.74) is 2.19. The highest BCUT2D eigenvalue weighted by molar-refractivity contribution is 6.31. The monoisotopic (exact) mass is 300 g/mol. The summed E-state index contributed by atoms with van der Waals surface area (Å²) in [4.78, 5) is 8.71. The van der Waals surface area contributed by atoms with Gasteiger partial charge in [0.2, 0.25) is 0 Å². The second-order valence-electron chi connectivity index (χ2n) is 4.57. The Balaban J connectivity index is 2.06. The molecule has 0 amide bonds. The van der Waals surface area contributed by atoms with E-state index in [2.05, 4.69) is 16.0 Å². The number of rotatable bonds is 3. The fourth-order valence-corrected chi connectivity index (χ4v) is 2.34. The van der Waals surface area contributed by atoms with E-state index in [4.69, 9.17) is 16.9 Å². The third-order valence-electron chi connectivity index (χ3n) is 3.13. The summed E-state index contributed by atoms with van der Waals surface area (Å²) in [7, 11) is 0. The van der Waals surface area contributed by atoms with Gasteiger partial charge in [0.15, 0.2) is 5.65 Å². The Kier molecular flexibility index (Phi) is 3.55. The zero-order chi connectivity index (χ0) is 14.8. The molecule has 0 aliphatic heterocycles. The minimum Gasteiger partial charge on any atom is -0.298 e. The van der Waals surface area contributed by atoms with E-state index < -0.39 is 0 Å². The van der Waals surface area contributed by atoms with E-state index in [9.17, 15) is 4.39 Å². The van der Waals surface area contributed by atoms with Gasteiger partial charge in [-0.05, 0) is 23.8 Å². The number of aromatic nitrogens is 3. The Labute approximate surface area is 125 Å². The summed E-state index contributed by atoms with van der Waals surface area (Å²) in [5.74, 6) is 0.422. The molecule has 0 saturated heterocycles. The number of nitrogens with zero attached hydrogens (tertiary/aromatic N) is 4. The maximum absolute atomic E-state index is 12.9. The van der Waals surface area contributed by atoms with Crippen molar-refractivity contribution in [2.45, 2.75) is 13.0 Å². The second kappa shape index (κ2) is 5.51. The van der Waals surface area contributed by atoms with E-state index in [0.717, 1.165) is 5.56 Å². The minimum absolute atomic E-state index is 0.154. The number of halogens is 2. The summed E-state index contributed by atoms with van der Waals surface area (Å²) in [6.45, 7) is 0.154. The van der Waals surface area contributed by atoms with Gasteiger partial charge in [0.05, 0.1) is 11.1 Å². The first-order valence-electron chi connectivity index (χ1n) is 6.29. The van der Waals surface area contributed by atoms with Crippen molar-refractivity contribution in [3.63, 3.8) is 0 Å². The normalized spacial score (nSPS) is 10.7. The summed E-state index contributed by atoms with van der Waals surface area (Å²) < 4.78 is 14.7. The average Bonchev–Trinajstić information content (AvgIpc) is 2.79. The van der Waals surface area contributed by atoms with Crippen LogP contribution in [-0.4, -0.2) is 14.5 Å². The van der Waals surface area contributed by atoms with Gasteiger partial charge in [-0.15, -0.1) is 0 Å². The Hall–Kier alpha value is -2.45. The van der Waals surface area contributed by atoms with Gasteiger partial charge in [0.1, 0.15) is 23.7 Å². The molecule has 0 atom stereocenters. The van der Waals surface area contributed by atoms with Crippen LogP contribution in [-0.2, 0) is 13.0 Å². The molecule has 0 aliphatic carbocycles. The van der Waals surface area contributed by atoms with Gasteiger partial charge in [-0.1, -0.05) is 23.7 Å². The van der Waals surface area contributed by atoms with Gasteiger partial charge < -0.3 is 0 Å². The van der Waals surface area contributed by atoms with Crippen molar-refractivity contribution < 1.29 is 4.39 Å². The molecule has 0 radical (unpaired) electrons. The smallest absolute Gasteiger partial charge is 0.161 e. The van der Waals surface area contributed by atoms with Gasteiger partial charge in [-0.25, -0.2) is 14.4 Å². The van der Waals surface area contributed by atoms with Crippen molar-refractivity contribution in [1.29, 1.82) is 5.26 Å². The highest BCUT2D eigenvalue weighted by Gasteiger charge is 2.12. The number of benzene rings is 1. The molecule has 0 aliphatic rings. The standard InChI is InChI=1S/C15H10ClFN4/c16-11-8-13-15(19-9-11)21(6-5-18)14(20-13)7-10-1-3-12(17)4-2-10/h1-4,8-9H,6-7H2. The zero-order valence-electron chi connectivity index (χ0n) is 10.9. The van der Waals surface area contributed by atoms with E-state index in [1.54, 1.807) is 22.8 Å². The lowest BCUT2D eigenvalue weighted by Crippen LogP contribution is -2.04. The lowest BCUT2D eigenvalue weighted by molar-refractivity contribution is 0.627. The Morgan fingerprint density at radius 1 is 1.29 bits per heavy atom. The molecule has 3 aromatic rings. The molecule has 0 unspecified atom stereocenters. The first kappa shape index (κ1) is 13.5. The first-order chi connectivity index (χ1) is 10.2. The maximum atomic E-state index is 12.9. The van der Waals surface area contributed by atoms with Gasteiger partial charge >= 0.3 is 0 Å². The summed E-state index contributed by atoms with van der Waals surface area (Å²) in [6, 6.07) is 10.0. The fraction of sp³-hybridized carbons (Fsp3) is 0.133. The van der Waals surface area contributed by atoms with Crippen LogP contribution in [0.2, 0.25) is 5.02 Å². The van der Waals surface area contributed by atoms with Crippen molar-refractivity contribution in [3.05, 3.63) is 58.8 Å². The molecule has 104 valence electrons. The van der Waals surface area contributed by atoms with Crippen molar-refractivity contribution in [2.24, 2.45) is 0 Å². The molecule has 2 aromatic heterocycles. The maximum Gasteiger partial charge on any atom is 0.161 e. The molecular weight excluding hydrogens is 291 g/mol. The lowest BCUT2D eigenvalue weighted by atomic mass is 10.1. The highest BCUT2D eigenvalue weighted by Crippen LogP contribution is 2.20. The molecule has 0 fully saturated rings. The quantitative estimate of drug-likeness (QED) is 0.745. The number of pyridine rings is 1. The Morgan fingerprint density at radius 3 is 2.76 bits per heavy atom. The molecule has 0 N–H and O–H groups in total. The van der Waals surface area contributed by atoms with Crippen LogP contribution in [0.15, 0.2) is 36.5 Å². The van der Waals surface area contributed by atoms with Crippen LogP contribution in [0.1, 0.15) is 11.4 Å². The molecule has 0 saturated carbocycles. The highest BCUT2D eigenvalue weighted by atomic mass is 35.5. The molecule has 3 rings (SSSR count). The molecule has 1 aromatic carbocycles. The molecule has 4 nitrogen and oxygen atoms in total. The SMILES string of the molecule is N#CCn1c(Cc2ccc(F)cc2)nc2cc(Cl)cnc21. The van der Waals surface area contributed by atoms with Gasteiger partial charge in [0, 0.05) is 12.6 Å². The predicted molar refractivity (Wildman–Crippen MR) is 77.4 cm³/mol. The fourth-order valence-electron chi connectivity index (χ4n) is 2.19. The van der Waals surface area contributed by atoms with Crippen LogP contribution in [0.25, 0.3) is 11.2 Å². The van der Waals surface area contributed by atoms with Crippen molar-refractivity contribution >= 4 is 22.8 Å². The van der Waals surface area contributed by atoms with Crippen LogP contribution in [0.3, 0.4) is 0 Å². The minimum atomic E-state index is -0.280. The van der Waals surface area contributed by atoms with Gasteiger partial charge in [0.25, 0.3) is 0 Å². The van der Waals surface area contributed by atoms with Crippen molar-refractivity contribution in [2.75, 3.05) is 0 Å². The number of hydrogen-bond acceptors (Lipinski definition) is 3. The van der Waals surface area contributed by atoms with E-state index >= 15 is 0 Å². The van der Waals surface area contributed by atoms with Crippen LogP contribution in [0, 0.1) is 17.1 Å². The van der Waals surface area contributed by atoms with E-state index in [1.807, 2.05) is 0 Å². The molecule has 2 heterocycles. The molecular formula is C15H10ClFN4. The van der Waals surface area contributed by atoms with Crippen LogP contribution >= 0.6 is 11.6 Å². The largest absolute Gasteiger partial charge is 0.298 e. The van der Waals surface area contributed by atoms with Crippen LogP contribution < -0.4 is 0 Å². The molecule has 21 heavy (non-hydrogen) atoms. The first-order valence-corrected chi connectivity index (χ1v) is 6.67. The average molecular weight is 301 g/mol. The summed E-state index contributed by atoms with van der Waals surface area (Å²) in [5, 5.41) is 9.47. The van der Waals surface area contributed by atoms with Crippen LogP contribution in [0.5, 0.6) is 0 Å². The predicted octanol–water partition coefficient (Wildman–Crippen LogP) is 3.34. The van der Waals surface area contributed by atoms with Crippen molar-refractivity contribution in [1.82, 2.24) is 14.5 Å². The summed E-state index contributed by atoms with van der Waals surface area (Å²) >= 11 is 5.92. The number of imidazole rings is 1. The third-order valence-corrected chi connectivity index (χ3v) is 3.34. The molecule has 0 spiro atoms. The van der Waals surface area contributed by atoms with Crippen molar-refractivity contribution in [3.8, 4) is 6.07 Å². The number of fused-ring (bicyclic) bond motifs is 1. The van der Waals surface area contributed by atoms with E-state index in [0.29, 0.717) is 28.4 Å². The summed E-state index contributed by atoms with van der Waals surface area (Å²) in [6.07, 6.45) is 2.02. The second-order valence-corrected chi connectivity index (χ2v) is 5.01. The topological polar surface area (TPSA) is 54.5 Å². The molecule has 0 bridgehead atoms. The zero-order valence-corrected chi connectivity index (χ0v) is 11.7. The van der Waals surface area contributed by atoms with Gasteiger partial charge in [-0.3, -0.25) is 4.57 Å².